The van der Waals surface area contributed by atoms with Crippen LogP contribution >= 0.6 is 0 Å². The van der Waals surface area contributed by atoms with E-state index >= 15 is 9.59 Å². The average molecular weight is 1120 g/mol. The van der Waals surface area contributed by atoms with Crippen molar-refractivity contribution in [2.75, 3.05) is 26.9 Å². The van der Waals surface area contributed by atoms with Crippen LogP contribution in [0.5, 0.6) is 5.75 Å². The molecule has 430 valence electrons. The molecular weight excluding hydrogens is 1040 g/mol. The zero-order valence-corrected chi connectivity index (χ0v) is 47.7. The van der Waals surface area contributed by atoms with Crippen LogP contribution in [0.3, 0.4) is 0 Å². The summed E-state index contributed by atoms with van der Waals surface area (Å²) >= 11 is 0. The van der Waals surface area contributed by atoms with E-state index in [1.54, 1.807) is 13.0 Å². The van der Waals surface area contributed by atoms with Gasteiger partial charge in [0.1, 0.15) is 11.3 Å². The second-order valence-electron chi connectivity index (χ2n) is 25.0. The number of aliphatic hydroxyl groups excluding tert-OH is 3. The van der Waals surface area contributed by atoms with Gasteiger partial charge in [0.2, 0.25) is 0 Å². The fourth-order valence-corrected chi connectivity index (χ4v) is 16.8. The lowest BCUT2D eigenvalue weighted by Gasteiger charge is -2.53. The first-order chi connectivity index (χ1) is 40.6. The fraction of sp³-hybridized carbons (Fsp3) is 0.431. The molecule has 3 aliphatic heterocycles. The van der Waals surface area contributed by atoms with Gasteiger partial charge in [-0.05, 0) is 157 Å². The van der Waals surface area contributed by atoms with Gasteiger partial charge < -0.3 is 38.7 Å². The van der Waals surface area contributed by atoms with Crippen molar-refractivity contribution in [2.24, 2.45) is 23.7 Å². The van der Waals surface area contributed by atoms with Gasteiger partial charge in [0.05, 0.1) is 25.4 Å². The number of fused-ring (bicyclic) bond motifs is 17. The molecular formula is C72H76O11. The topological polar surface area (TPSA) is 162 Å². The molecule has 11 atom stereocenters. The van der Waals surface area contributed by atoms with Gasteiger partial charge in [-0.1, -0.05) is 140 Å². The number of ether oxygens (including phenoxy) is 4. The van der Waals surface area contributed by atoms with E-state index in [0.29, 0.717) is 47.1 Å². The maximum atomic E-state index is 15.8. The van der Waals surface area contributed by atoms with Crippen molar-refractivity contribution in [2.45, 2.75) is 144 Å². The van der Waals surface area contributed by atoms with E-state index in [-0.39, 0.29) is 103 Å². The number of allylic oxidation sites excluding steroid dienone is 3. The molecule has 11 nitrogen and oxygen atoms in total. The first kappa shape index (κ1) is 55.3. The number of rotatable bonds is 10. The van der Waals surface area contributed by atoms with Crippen molar-refractivity contribution in [3.8, 4) is 5.75 Å². The molecule has 0 amide bonds. The van der Waals surface area contributed by atoms with E-state index in [1.807, 2.05) is 6.07 Å². The minimum absolute atomic E-state index is 0.00480. The Labute approximate surface area is 486 Å². The lowest BCUT2D eigenvalue weighted by Crippen LogP contribution is -2.62. The maximum absolute atomic E-state index is 15.8. The van der Waals surface area contributed by atoms with Crippen molar-refractivity contribution in [1.29, 1.82) is 0 Å². The van der Waals surface area contributed by atoms with Gasteiger partial charge in [0, 0.05) is 65.7 Å². The van der Waals surface area contributed by atoms with Gasteiger partial charge in [-0.15, -0.1) is 0 Å². The Morgan fingerprint density at radius 1 is 0.783 bits per heavy atom. The Hall–Kier alpha value is -6.89. The summed E-state index contributed by atoms with van der Waals surface area (Å²) in [6.07, 6.45) is 15.7. The van der Waals surface area contributed by atoms with E-state index in [0.717, 1.165) is 43.2 Å². The summed E-state index contributed by atoms with van der Waals surface area (Å²) in [7, 11) is 1.52. The molecule has 3 N–H and O–H groups in total. The quantitative estimate of drug-likeness (QED) is 0.0518. The fourth-order valence-electron chi connectivity index (χ4n) is 16.8. The Bertz CT molecular complexity index is 3560. The van der Waals surface area contributed by atoms with Crippen molar-refractivity contribution in [1.82, 2.24) is 0 Å². The van der Waals surface area contributed by atoms with E-state index in [1.165, 1.54) is 47.8 Å². The SMILES string of the molecule is COC[C@@H](CCO)c1c(CO)c2ccc3c(c2oc1=O)[C@H]1OC(=O)C[C@@H]2C[C@H](c4cccc(C5(c6ccccc6)CCCC5)c4)C=C[C@H]2c2ccc(cc2)CC/C(=C(\C)CO)C(=O)O[C@@H]1[C@@]1(CCC[C@H]2[C@H]4C=Cc5ccccc5[C@H]4C[C@H]21)O3. The van der Waals surface area contributed by atoms with Crippen molar-refractivity contribution in [3.63, 3.8) is 0 Å². The lowest BCUT2D eigenvalue weighted by atomic mass is 9.63. The molecule has 5 aromatic carbocycles. The highest BCUT2D eigenvalue weighted by atomic mass is 16.6. The van der Waals surface area contributed by atoms with Crippen LogP contribution in [0.25, 0.3) is 17.0 Å². The van der Waals surface area contributed by atoms with Gasteiger partial charge >= 0.3 is 17.6 Å². The smallest absolute Gasteiger partial charge is 0.340 e. The van der Waals surface area contributed by atoms with Crippen molar-refractivity contribution >= 4 is 29.0 Å². The molecule has 14 rings (SSSR count). The van der Waals surface area contributed by atoms with E-state index in [9.17, 15) is 20.1 Å². The minimum Gasteiger partial charge on any atom is -0.482 e. The molecule has 0 radical (unpaired) electrons. The molecule has 1 aromatic heterocycles. The number of aliphatic hydroxyl groups is 3. The zero-order chi connectivity index (χ0) is 57.0. The van der Waals surface area contributed by atoms with Gasteiger partial charge in [-0.3, -0.25) is 4.79 Å². The molecule has 11 heteroatoms. The molecule has 0 unspecified atom stereocenters. The third-order valence-electron chi connectivity index (χ3n) is 20.8. The second-order valence-corrected chi connectivity index (χ2v) is 25.0. The Morgan fingerprint density at radius 2 is 1.58 bits per heavy atom. The van der Waals surface area contributed by atoms with E-state index in [4.69, 9.17) is 23.4 Å². The van der Waals surface area contributed by atoms with Crippen LogP contribution in [-0.4, -0.2) is 65.9 Å². The molecule has 0 saturated heterocycles. The number of aryl methyl sites for hydroxylation is 1. The number of hydrogen-bond donors (Lipinski definition) is 3. The third-order valence-corrected chi connectivity index (χ3v) is 20.8. The van der Waals surface area contributed by atoms with Crippen molar-refractivity contribution < 1.29 is 48.3 Å². The molecule has 83 heavy (non-hydrogen) atoms. The lowest BCUT2D eigenvalue weighted by molar-refractivity contribution is -0.212. The van der Waals surface area contributed by atoms with E-state index in [2.05, 4.69) is 127 Å². The van der Waals surface area contributed by atoms with Gasteiger partial charge in [0.25, 0.3) is 0 Å². The predicted molar refractivity (Wildman–Crippen MR) is 318 cm³/mol. The Morgan fingerprint density at radius 3 is 2.36 bits per heavy atom. The molecule has 8 aliphatic rings. The molecule has 3 saturated carbocycles. The van der Waals surface area contributed by atoms with Gasteiger partial charge in [-0.25, -0.2) is 9.59 Å². The summed E-state index contributed by atoms with van der Waals surface area (Å²) in [6.45, 7) is 0.699. The van der Waals surface area contributed by atoms with Crippen LogP contribution in [-0.2, 0) is 42.2 Å². The van der Waals surface area contributed by atoms with Crippen LogP contribution in [0, 0.1) is 23.7 Å². The predicted octanol–water partition coefficient (Wildman–Crippen LogP) is 12.9. The number of carbonyl (C=O) groups excluding carboxylic acids is 2. The molecule has 6 aromatic rings. The monoisotopic (exact) mass is 1120 g/mol. The zero-order valence-electron chi connectivity index (χ0n) is 47.7. The first-order valence-electron chi connectivity index (χ1n) is 30.5. The number of esters is 2. The van der Waals surface area contributed by atoms with Gasteiger partial charge in [-0.2, -0.15) is 0 Å². The third kappa shape index (κ3) is 9.73. The van der Waals surface area contributed by atoms with Crippen LogP contribution in [0.4, 0.5) is 0 Å². The summed E-state index contributed by atoms with van der Waals surface area (Å²) < 4.78 is 33.9. The summed E-state index contributed by atoms with van der Waals surface area (Å²) in [5.41, 5.74) is 8.02. The summed E-state index contributed by atoms with van der Waals surface area (Å²) in [5.74, 6) is -1.44. The summed E-state index contributed by atoms with van der Waals surface area (Å²) in [6, 6.07) is 40.7. The first-order valence-corrected chi connectivity index (χ1v) is 30.5. The second kappa shape index (κ2) is 22.9. The number of benzene rings is 5. The number of methoxy groups -OCH3 is 1. The molecule has 1 spiro atoms. The number of hydrogen-bond acceptors (Lipinski definition) is 11. The summed E-state index contributed by atoms with van der Waals surface area (Å²) in [5, 5.41) is 32.7. The highest BCUT2D eigenvalue weighted by molar-refractivity contribution is 5.90. The van der Waals surface area contributed by atoms with Crippen LogP contribution < -0.4 is 10.4 Å². The molecule has 3 fully saturated rings. The van der Waals surface area contributed by atoms with Crippen LogP contribution in [0.15, 0.2) is 154 Å². The normalized spacial score (nSPS) is 28.9. The standard InChI is InChI=1S/C72H76O11/c1-43(40-74)53-26-21-44-19-22-46(23-20-44)54-27-25-48(47-13-10-16-52(37-47)71(32-8-9-33-71)51-14-4-3-5-15-51)36-50(54)38-63(76)80-67-65-62(30-29-58-60(41-75)64(70(78)81-66(58)65)49(31-35-73)42-79-2)83-72(68(67)82-69(53)77)34-11-18-57-56-28-24-45-12-6-7-17-55(45)59(56)39-61(57)72/h3-7,10,12-17,19-20,22-25,27-30,37,48-50,54,56-57,59,61,67-68,73-75H,8-9,11,18,21,26,31-36,38-42H2,1-2H3/b53-43-/t48-,49-,50+,54+,56-,57+,59-,61-,67-,68+,72+/m1/s1. The highest BCUT2D eigenvalue weighted by Gasteiger charge is 2.65. The van der Waals surface area contributed by atoms with E-state index < -0.39 is 47.9 Å². The summed E-state index contributed by atoms with van der Waals surface area (Å²) in [4.78, 5) is 46.0. The molecule has 2 bridgehead atoms. The van der Waals surface area contributed by atoms with Crippen LogP contribution in [0.1, 0.15) is 169 Å². The average Bonchev–Trinajstić information content (AvgIpc) is 3.78. The molecule has 5 aliphatic carbocycles. The molecule has 4 heterocycles. The maximum Gasteiger partial charge on any atom is 0.340 e. The highest BCUT2D eigenvalue weighted by Crippen LogP contribution is 2.64. The largest absolute Gasteiger partial charge is 0.482 e. The minimum atomic E-state index is -1.34. The number of carbonyl (C=O) groups is 2. The Kier molecular flexibility index (Phi) is 15.3. The Balaban J connectivity index is 0.964. The van der Waals surface area contributed by atoms with Crippen LogP contribution in [0.2, 0.25) is 0 Å². The van der Waals surface area contributed by atoms with Gasteiger partial charge in [0.15, 0.2) is 17.8 Å². The van der Waals surface area contributed by atoms with Crippen molar-refractivity contribution in [3.05, 3.63) is 211 Å².